The van der Waals surface area contributed by atoms with Gasteiger partial charge in [-0.1, -0.05) is 12.1 Å². The molecule has 186 valence electrons. The smallest absolute Gasteiger partial charge is 0.378 e. The van der Waals surface area contributed by atoms with Crippen molar-refractivity contribution < 1.29 is 22.7 Å². The molecule has 0 bridgehead atoms. The van der Waals surface area contributed by atoms with Crippen molar-refractivity contribution in [3.05, 3.63) is 72.1 Å². The summed E-state index contributed by atoms with van der Waals surface area (Å²) >= 11 is 0. The quantitative estimate of drug-likeness (QED) is 0.426. The normalized spacial score (nSPS) is 15.2. The van der Waals surface area contributed by atoms with Gasteiger partial charge in [-0.3, -0.25) is 4.79 Å². The van der Waals surface area contributed by atoms with Crippen molar-refractivity contribution in [3.63, 3.8) is 0 Å². The molecule has 0 aliphatic carbocycles. The molecule has 1 saturated heterocycles. The minimum Gasteiger partial charge on any atom is -0.378 e. The number of ether oxygens (including phenoxy) is 1. The second-order valence-corrected chi connectivity index (χ2v) is 8.51. The zero-order valence-corrected chi connectivity index (χ0v) is 19.3. The molecule has 1 atom stereocenters. The lowest BCUT2D eigenvalue weighted by Crippen LogP contribution is -2.36. The average molecular weight is 496 g/mol. The van der Waals surface area contributed by atoms with E-state index in [9.17, 15) is 18.0 Å². The maximum absolute atomic E-state index is 13.0. The van der Waals surface area contributed by atoms with Gasteiger partial charge in [0, 0.05) is 48.2 Å². The van der Waals surface area contributed by atoms with Crippen molar-refractivity contribution in [1.29, 1.82) is 0 Å². The van der Waals surface area contributed by atoms with Gasteiger partial charge in [-0.15, -0.1) is 0 Å². The van der Waals surface area contributed by atoms with Crippen molar-refractivity contribution in [2.24, 2.45) is 0 Å². The molecule has 0 unspecified atom stereocenters. The molecule has 0 radical (unpaired) electrons. The maximum atomic E-state index is 13.0. The van der Waals surface area contributed by atoms with E-state index < -0.39 is 23.7 Å². The van der Waals surface area contributed by atoms with E-state index in [1.165, 1.54) is 12.1 Å². The van der Waals surface area contributed by atoms with Gasteiger partial charge in [0.2, 0.25) is 5.82 Å². The van der Waals surface area contributed by atoms with Crippen LogP contribution in [0.4, 0.5) is 18.9 Å². The third-order valence-electron chi connectivity index (χ3n) is 6.12. The van der Waals surface area contributed by atoms with Crippen LogP contribution in [-0.2, 0) is 10.9 Å². The van der Waals surface area contributed by atoms with Crippen LogP contribution < -0.4 is 10.2 Å². The minimum atomic E-state index is -4.46. The number of anilines is 1. The first-order chi connectivity index (χ1) is 17.3. The number of nitrogens with one attached hydrogen (secondary N) is 2. The molecule has 1 aromatic carbocycles. The minimum absolute atomic E-state index is 0.0791. The highest BCUT2D eigenvalue weighted by molar-refractivity contribution is 5.95. The Morgan fingerprint density at radius 1 is 1.11 bits per heavy atom. The number of halogens is 3. The number of carbonyl (C=O) groups is 1. The fraction of sp³-hybridized carbons (Fsp3) is 0.280. The number of H-pyrrole nitrogens is 1. The predicted molar refractivity (Wildman–Crippen MR) is 127 cm³/mol. The Balaban J connectivity index is 1.32. The molecular weight excluding hydrogens is 473 g/mol. The van der Waals surface area contributed by atoms with Crippen LogP contribution in [0.1, 0.15) is 34.7 Å². The molecule has 4 aromatic rings. The summed E-state index contributed by atoms with van der Waals surface area (Å²) in [5.74, 6) is -0.661. The number of hydrogen-bond acceptors (Lipinski definition) is 6. The number of nitrogens with zero attached hydrogens (tertiary/aromatic N) is 4. The zero-order chi connectivity index (χ0) is 25.3. The second-order valence-electron chi connectivity index (χ2n) is 8.51. The van der Waals surface area contributed by atoms with Gasteiger partial charge >= 0.3 is 6.18 Å². The highest BCUT2D eigenvalue weighted by atomic mass is 19.4. The van der Waals surface area contributed by atoms with Gasteiger partial charge in [0.25, 0.3) is 5.91 Å². The Labute approximate surface area is 204 Å². The summed E-state index contributed by atoms with van der Waals surface area (Å²) in [5.41, 5.74) is 2.82. The topological polar surface area (TPSA) is 96.0 Å². The van der Waals surface area contributed by atoms with E-state index >= 15 is 0 Å². The monoisotopic (exact) mass is 496 g/mol. The van der Waals surface area contributed by atoms with Crippen LogP contribution in [0.25, 0.3) is 22.2 Å². The third-order valence-corrected chi connectivity index (χ3v) is 6.12. The van der Waals surface area contributed by atoms with Crippen LogP contribution in [0.5, 0.6) is 0 Å². The molecule has 4 heterocycles. The van der Waals surface area contributed by atoms with Gasteiger partial charge in [-0.25, -0.2) is 15.0 Å². The summed E-state index contributed by atoms with van der Waals surface area (Å²) in [5, 5.41) is 3.56. The third kappa shape index (κ3) is 4.87. The molecule has 1 aliphatic rings. The van der Waals surface area contributed by atoms with E-state index in [2.05, 4.69) is 36.2 Å². The number of alkyl halides is 3. The Morgan fingerprint density at radius 3 is 2.58 bits per heavy atom. The first-order valence-electron chi connectivity index (χ1n) is 11.4. The molecular formula is C25H23F3N6O2. The number of aromatic nitrogens is 4. The molecule has 5 rings (SSSR count). The van der Waals surface area contributed by atoms with Crippen LogP contribution in [0.3, 0.4) is 0 Å². The number of benzene rings is 1. The SMILES string of the molecule is C[C@@H](NC(=O)c1ncc(-c2c[nH]c3ncc(N4CCOCC4)cc23)cn1)c1cccc(C(F)(F)F)c1. The molecule has 1 fully saturated rings. The highest BCUT2D eigenvalue weighted by Crippen LogP contribution is 2.31. The van der Waals surface area contributed by atoms with Crippen molar-refractivity contribution in [2.75, 3.05) is 31.2 Å². The van der Waals surface area contributed by atoms with Crippen molar-refractivity contribution in [1.82, 2.24) is 25.3 Å². The van der Waals surface area contributed by atoms with Crippen molar-refractivity contribution in [2.45, 2.75) is 19.1 Å². The molecule has 3 aromatic heterocycles. The van der Waals surface area contributed by atoms with Crippen molar-refractivity contribution in [3.8, 4) is 11.1 Å². The maximum Gasteiger partial charge on any atom is 0.416 e. The number of pyridine rings is 1. The van der Waals surface area contributed by atoms with Gasteiger partial charge in [0.1, 0.15) is 5.65 Å². The molecule has 1 aliphatic heterocycles. The molecule has 8 nitrogen and oxygen atoms in total. The van der Waals surface area contributed by atoms with Crippen molar-refractivity contribution >= 4 is 22.6 Å². The molecule has 0 spiro atoms. The number of morpholine rings is 1. The van der Waals surface area contributed by atoms with Crippen LogP contribution in [0.15, 0.2) is 55.1 Å². The Kier molecular flexibility index (Phi) is 6.31. The van der Waals surface area contributed by atoms with E-state index in [1.807, 2.05) is 12.4 Å². The van der Waals surface area contributed by atoms with E-state index in [0.29, 0.717) is 24.3 Å². The van der Waals surface area contributed by atoms with Crippen LogP contribution in [0, 0.1) is 0 Å². The van der Waals surface area contributed by atoms with Crippen LogP contribution in [0.2, 0.25) is 0 Å². The van der Waals surface area contributed by atoms with E-state index in [0.717, 1.165) is 47.5 Å². The van der Waals surface area contributed by atoms with E-state index in [-0.39, 0.29) is 5.82 Å². The lowest BCUT2D eigenvalue weighted by molar-refractivity contribution is -0.137. The summed E-state index contributed by atoms with van der Waals surface area (Å²) in [7, 11) is 0. The van der Waals surface area contributed by atoms with Gasteiger partial charge in [-0.05, 0) is 30.7 Å². The van der Waals surface area contributed by atoms with Gasteiger partial charge in [-0.2, -0.15) is 13.2 Å². The molecule has 11 heteroatoms. The Bertz CT molecular complexity index is 1380. The van der Waals surface area contributed by atoms with E-state index in [1.54, 1.807) is 19.3 Å². The van der Waals surface area contributed by atoms with E-state index in [4.69, 9.17) is 4.74 Å². The second kappa shape index (κ2) is 9.57. The Hall–Kier alpha value is -3.99. The lowest BCUT2D eigenvalue weighted by Gasteiger charge is -2.28. The number of fused-ring (bicyclic) bond motifs is 1. The first-order valence-corrected chi connectivity index (χ1v) is 11.4. The summed E-state index contributed by atoms with van der Waals surface area (Å²) in [4.78, 5) is 30.9. The number of carbonyl (C=O) groups excluding carboxylic acids is 1. The van der Waals surface area contributed by atoms with Crippen LogP contribution >= 0.6 is 0 Å². The summed E-state index contributed by atoms with van der Waals surface area (Å²) in [6.45, 7) is 4.52. The molecule has 0 saturated carbocycles. The van der Waals surface area contributed by atoms with Crippen LogP contribution in [-0.4, -0.2) is 52.1 Å². The number of amides is 1. The number of aromatic amines is 1. The standard InChI is InChI=1S/C25H23F3N6O2/c1-15(16-3-2-4-18(9-16)25(26,27)28)33-24(35)23-29-11-17(12-30-23)21-14-32-22-20(21)10-19(13-31-22)34-5-7-36-8-6-34/h2-4,9-15H,5-8H2,1H3,(H,31,32)(H,33,35)/t15-/m1/s1. The zero-order valence-electron chi connectivity index (χ0n) is 19.3. The fourth-order valence-electron chi connectivity index (χ4n) is 4.14. The lowest BCUT2D eigenvalue weighted by atomic mass is 10.0. The largest absolute Gasteiger partial charge is 0.416 e. The van der Waals surface area contributed by atoms with Gasteiger partial charge in [0.05, 0.1) is 36.7 Å². The number of hydrogen-bond donors (Lipinski definition) is 2. The highest BCUT2D eigenvalue weighted by Gasteiger charge is 2.31. The Morgan fingerprint density at radius 2 is 1.86 bits per heavy atom. The van der Waals surface area contributed by atoms with Gasteiger partial charge < -0.3 is 19.9 Å². The molecule has 1 amide bonds. The van der Waals surface area contributed by atoms with Gasteiger partial charge in [0.15, 0.2) is 0 Å². The summed E-state index contributed by atoms with van der Waals surface area (Å²) in [6, 6.07) is 6.24. The average Bonchev–Trinajstić information content (AvgIpc) is 3.32. The number of rotatable bonds is 5. The summed E-state index contributed by atoms with van der Waals surface area (Å²) in [6.07, 6.45) is 2.26. The predicted octanol–water partition coefficient (Wildman–Crippen LogP) is 4.37. The molecule has 2 N–H and O–H groups in total. The first kappa shape index (κ1) is 23.7. The summed E-state index contributed by atoms with van der Waals surface area (Å²) < 4.78 is 44.4. The fourth-order valence-corrected chi connectivity index (χ4v) is 4.14. The molecule has 36 heavy (non-hydrogen) atoms.